The number of unbranched alkanes of at least 4 members (excludes halogenated alkanes) is 4. The van der Waals surface area contributed by atoms with Crippen LogP contribution in [0, 0.1) is 11.8 Å². The van der Waals surface area contributed by atoms with Crippen LogP contribution in [-0.2, 0) is 4.74 Å². The van der Waals surface area contributed by atoms with E-state index in [4.69, 9.17) is 10.5 Å². The average molecular weight is 255 g/mol. The van der Waals surface area contributed by atoms with Crippen molar-refractivity contribution < 1.29 is 4.74 Å². The van der Waals surface area contributed by atoms with Crippen molar-refractivity contribution >= 4 is 0 Å². The van der Waals surface area contributed by atoms with Crippen LogP contribution in [0.25, 0.3) is 0 Å². The molecule has 1 aliphatic carbocycles. The Labute approximate surface area is 114 Å². The minimum Gasteiger partial charge on any atom is -0.377 e. The Bertz CT molecular complexity index is 205. The monoisotopic (exact) mass is 255 g/mol. The third-order valence-corrected chi connectivity index (χ3v) is 4.41. The lowest BCUT2D eigenvalue weighted by molar-refractivity contribution is -0.00867. The van der Waals surface area contributed by atoms with E-state index in [0.717, 1.165) is 24.9 Å². The first kappa shape index (κ1) is 16.0. The number of ether oxygens (including phenoxy) is 1. The molecular formula is C16H33NO. The molecule has 0 aromatic heterocycles. The Morgan fingerprint density at radius 2 is 1.83 bits per heavy atom. The second-order valence-electron chi connectivity index (χ2n) is 6.30. The van der Waals surface area contributed by atoms with Gasteiger partial charge in [-0.05, 0) is 37.5 Å². The topological polar surface area (TPSA) is 35.2 Å². The van der Waals surface area contributed by atoms with Gasteiger partial charge in [-0.2, -0.15) is 0 Å². The van der Waals surface area contributed by atoms with Crippen molar-refractivity contribution in [2.75, 3.05) is 6.61 Å². The number of nitrogens with two attached hydrogens (primary N) is 1. The molecule has 0 saturated heterocycles. The molecule has 2 nitrogen and oxygen atoms in total. The molecule has 0 aliphatic heterocycles. The van der Waals surface area contributed by atoms with Gasteiger partial charge < -0.3 is 10.5 Å². The SMILES string of the molecule is CCCCCCCOC1CC(C(C)C)CCC1N. The van der Waals surface area contributed by atoms with Crippen LogP contribution in [0.1, 0.15) is 72.1 Å². The van der Waals surface area contributed by atoms with Crippen molar-refractivity contribution in [3.8, 4) is 0 Å². The highest BCUT2D eigenvalue weighted by atomic mass is 16.5. The molecule has 1 saturated carbocycles. The van der Waals surface area contributed by atoms with Crippen LogP contribution in [0.15, 0.2) is 0 Å². The Morgan fingerprint density at radius 3 is 2.50 bits per heavy atom. The first-order valence-corrected chi connectivity index (χ1v) is 8.02. The fourth-order valence-corrected chi connectivity index (χ4v) is 2.92. The summed E-state index contributed by atoms with van der Waals surface area (Å²) in [5.41, 5.74) is 6.18. The van der Waals surface area contributed by atoms with Crippen molar-refractivity contribution in [3.63, 3.8) is 0 Å². The zero-order chi connectivity index (χ0) is 13.4. The molecule has 3 atom stereocenters. The van der Waals surface area contributed by atoms with E-state index in [-0.39, 0.29) is 6.04 Å². The first-order valence-electron chi connectivity index (χ1n) is 8.02. The minimum atomic E-state index is 0.274. The molecule has 0 aromatic rings. The molecule has 2 heteroatoms. The van der Waals surface area contributed by atoms with Crippen molar-refractivity contribution in [3.05, 3.63) is 0 Å². The molecule has 0 aromatic carbocycles. The van der Waals surface area contributed by atoms with Gasteiger partial charge in [0.2, 0.25) is 0 Å². The lowest BCUT2D eigenvalue weighted by atomic mass is 9.78. The fraction of sp³-hybridized carbons (Fsp3) is 1.00. The predicted octanol–water partition coefficient (Wildman–Crippen LogP) is 4.13. The molecular weight excluding hydrogens is 222 g/mol. The predicted molar refractivity (Wildman–Crippen MR) is 78.7 cm³/mol. The molecule has 2 N–H and O–H groups in total. The smallest absolute Gasteiger partial charge is 0.0728 e. The summed E-state index contributed by atoms with van der Waals surface area (Å²) in [5, 5.41) is 0. The van der Waals surface area contributed by atoms with E-state index in [2.05, 4.69) is 20.8 Å². The molecule has 0 spiro atoms. The highest BCUT2D eigenvalue weighted by Crippen LogP contribution is 2.31. The van der Waals surface area contributed by atoms with Crippen molar-refractivity contribution in [1.29, 1.82) is 0 Å². The lowest BCUT2D eigenvalue weighted by Gasteiger charge is -2.35. The van der Waals surface area contributed by atoms with Gasteiger partial charge in [0.15, 0.2) is 0 Å². The Morgan fingerprint density at radius 1 is 1.11 bits per heavy atom. The summed E-state index contributed by atoms with van der Waals surface area (Å²) in [4.78, 5) is 0. The van der Waals surface area contributed by atoms with E-state index in [1.165, 1.54) is 44.9 Å². The molecule has 1 fully saturated rings. The second-order valence-corrected chi connectivity index (χ2v) is 6.30. The fourth-order valence-electron chi connectivity index (χ4n) is 2.92. The molecule has 1 aliphatic rings. The maximum absolute atomic E-state index is 6.18. The third kappa shape index (κ3) is 5.71. The average Bonchev–Trinajstić information content (AvgIpc) is 2.35. The van der Waals surface area contributed by atoms with Crippen LogP contribution in [0.2, 0.25) is 0 Å². The van der Waals surface area contributed by atoms with E-state index >= 15 is 0 Å². The summed E-state index contributed by atoms with van der Waals surface area (Å²) in [5.74, 6) is 1.59. The van der Waals surface area contributed by atoms with Crippen molar-refractivity contribution in [2.24, 2.45) is 17.6 Å². The number of rotatable bonds is 8. The van der Waals surface area contributed by atoms with E-state index in [9.17, 15) is 0 Å². The molecule has 18 heavy (non-hydrogen) atoms. The van der Waals surface area contributed by atoms with Gasteiger partial charge in [0.25, 0.3) is 0 Å². The van der Waals surface area contributed by atoms with Crippen LogP contribution in [0.5, 0.6) is 0 Å². The van der Waals surface area contributed by atoms with E-state index in [0.29, 0.717) is 6.10 Å². The van der Waals surface area contributed by atoms with Gasteiger partial charge in [-0.1, -0.05) is 46.5 Å². The van der Waals surface area contributed by atoms with Gasteiger partial charge in [0, 0.05) is 12.6 Å². The number of hydrogen-bond donors (Lipinski definition) is 1. The Kier molecular flexibility index (Phi) is 7.92. The lowest BCUT2D eigenvalue weighted by Crippen LogP contribution is -2.43. The van der Waals surface area contributed by atoms with E-state index < -0.39 is 0 Å². The van der Waals surface area contributed by atoms with Crippen molar-refractivity contribution in [2.45, 2.75) is 84.3 Å². The largest absolute Gasteiger partial charge is 0.377 e. The highest BCUT2D eigenvalue weighted by Gasteiger charge is 2.29. The van der Waals surface area contributed by atoms with Gasteiger partial charge in [-0.3, -0.25) is 0 Å². The summed E-state index contributed by atoms with van der Waals surface area (Å²) < 4.78 is 6.03. The van der Waals surface area contributed by atoms with Crippen LogP contribution in [0.4, 0.5) is 0 Å². The van der Waals surface area contributed by atoms with Crippen LogP contribution >= 0.6 is 0 Å². The summed E-state index contributed by atoms with van der Waals surface area (Å²) >= 11 is 0. The minimum absolute atomic E-state index is 0.274. The molecule has 3 unspecified atom stereocenters. The van der Waals surface area contributed by atoms with Crippen molar-refractivity contribution in [1.82, 2.24) is 0 Å². The van der Waals surface area contributed by atoms with Crippen LogP contribution in [-0.4, -0.2) is 18.8 Å². The zero-order valence-electron chi connectivity index (χ0n) is 12.7. The first-order chi connectivity index (χ1) is 8.65. The molecule has 108 valence electrons. The van der Waals surface area contributed by atoms with E-state index in [1.54, 1.807) is 0 Å². The summed E-state index contributed by atoms with van der Waals surface area (Å²) in [6.45, 7) is 7.81. The molecule has 0 heterocycles. The molecule has 0 bridgehead atoms. The molecule has 0 radical (unpaired) electrons. The molecule has 0 amide bonds. The number of hydrogen-bond acceptors (Lipinski definition) is 2. The standard InChI is InChI=1S/C16H33NO/c1-4-5-6-7-8-11-18-16-12-14(13(2)3)9-10-15(16)17/h13-16H,4-12,17H2,1-3H3. The third-order valence-electron chi connectivity index (χ3n) is 4.41. The van der Waals surface area contributed by atoms with Gasteiger partial charge in [-0.15, -0.1) is 0 Å². The molecule has 1 rings (SSSR count). The van der Waals surface area contributed by atoms with Gasteiger partial charge in [0.05, 0.1) is 6.10 Å². The summed E-state index contributed by atoms with van der Waals surface area (Å²) in [7, 11) is 0. The van der Waals surface area contributed by atoms with Gasteiger partial charge >= 0.3 is 0 Å². The van der Waals surface area contributed by atoms with Crippen LogP contribution < -0.4 is 5.73 Å². The van der Waals surface area contributed by atoms with Gasteiger partial charge in [0.1, 0.15) is 0 Å². The normalized spacial score (nSPS) is 28.8. The second kappa shape index (κ2) is 8.92. The summed E-state index contributed by atoms with van der Waals surface area (Å²) in [6, 6.07) is 0.274. The maximum Gasteiger partial charge on any atom is 0.0728 e. The maximum atomic E-state index is 6.18. The zero-order valence-corrected chi connectivity index (χ0v) is 12.7. The highest BCUT2D eigenvalue weighted by molar-refractivity contribution is 4.84. The Balaban J connectivity index is 2.15. The Hall–Kier alpha value is -0.0800. The van der Waals surface area contributed by atoms with Crippen LogP contribution in [0.3, 0.4) is 0 Å². The summed E-state index contributed by atoms with van der Waals surface area (Å²) in [6.07, 6.45) is 10.5. The van der Waals surface area contributed by atoms with E-state index in [1.807, 2.05) is 0 Å². The quantitative estimate of drug-likeness (QED) is 0.662. The van der Waals surface area contributed by atoms with Gasteiger partial charge in [-0.25, -0.2) is 0 Å².